The highest BCUT2D eigenvalue weighted by atomic mass is 35.5. The number of rotatable bonds is 6. The van der Waals surface area contributed by atoms with E-state index in [1.807, 2.05) is 42.5 Å². The van der Waals surface area contributed by atoms with Crippen LogP contribution < -0.4 is 15.0 Å². The molecule has 9 heteroatoms. The molecule has 0 saturated heterocycles. The van der Waals surface area contributed by atoms with Gasteiger partial charge in [0.25, 0.3) is 5.56 Å². The molecule has 0 amide bonds. The van der Waals surface area contributed by atoms with Crippen LogP contribution in [-0.2, 0) is 17.0 Å². The first kappa shape index (κ1) is 22.3. The van der Waals surface area contributed by atoms with E-state index in [1.54, 1.807) is 22.8 Å². The zero-order chi connectivity index (χ0) is 23.7. The summed E-state index contributed by atoms with van der Waals surface area (Å²) < 4.78 is 17.3. The van der Waals surface area contributed by atoms with Gasteiger partial charge in [-0.15, -0.1) is 0 Å². The standard InChI is InChI=1S/C25H19ClN2O5S/c1-31-24(30)17-6-7-19-20(11-17)27-25(34-13-16-3-2-4-18(26)9-16)28(23(19)29)12-15-5-8-21-22(10-15)33-14-32-21/h2-11H,12-14H2,1H3. The third kappa shape index (κ3) is 4.47. The molecule has 34 heavy (non-hydrogen) atoms. The van der Waals surface area contributed by atoms with Crippen molar-refractivity contribution in [1.29, 1.82) is 0 Å². The molecule has 0 atom stereocenters. The number of carbonyl (C=O) groups excluding carboxylic acids is 1. The number of methoxy groups -OCH3 is 1. The lowest BCUT2D eigenvalue weighted by Gasteiger charge is -2.14. The molecule has 1 aromatic heterocycles. The minimum Gasteiger partial charge on any atom is -0.465 e. The minimum atomic E-state index is -0.485. The molecular weight excluding hydrogens is 476 g/mol. The molecule has 1 aliphatic heterocycles. The van der Waals surface area contributed by atoms with E-state index in [9.17, 15) is 9.59 Å². The second-order valence-electron chi connectivity index (χ2n) is 7.62. The molecule has 172 valence electrons. The summed E-state index contributed by atoms with van der Waals surface area (Å²) in [5.41, 5.74) is 2.45. The number of ether oxygens (including phenoxy) is 3. The summed E-state index contributed by atoms with van der Waals surface area (Å²) in [5.74, 6) is 1.41. The van der Waals surface area contributed by atoms with E-state index in [1.165, 1.54) is 18.9 Å². The number of hydrogen-bond donors (Lipinski definition) is 0. The van der Waals surface area contributed by atoms with E-state index in [-0.39, 0.29) is 12.4 Å². The Bertz CT molecular complexity index is 1470. The molecule has 4 aromatic rings. The Kier molecular flexibility index (Phi) is 6.17. The lowest BCUT2D eigenvalue weighted by atomic mass is 10.1. The molecule has 1 aliphatic rings. The molecule has 2 heterocycles. The van der Waals surface area contributed by atoms with Gasteiger partial charge in [-0.3, -0.25) is 9.36 Å². The van der Waals surface area contributed by atoms with Gasteiger partial charge in [0, 0.05) is 10.8 Å². The second kappa shape index (κ2) is 9.40. The predicted octanol–water partition coefficient (Wildman–Crippen LogP) is 4.91. The smallest absolute Gasteiger partial charge is 0.337 e. The van der Waals surface area contributed by atoms with Crippen molar-refractivity contribution in [2.24, 2.45) is 0 Å². The van der Waals surface area contributed by atoms with E-state index in [0.717, 1.165) is 11.1 Å². The maximum atomic E-state index is 13.5. The van der Waals surface area contributed by atoms with E-state index in [2.05, 4.69) is 0 Å². The Hall–Kier alpha value is -3.49. The number of thioether (sulfide) groups is 1. The fourth-order valence-electron chi connectivity index (χ4n) is 3.69. The number of nitrogens with zero attached hydrogens (tertiary/aromatic N) is 2. The van der Waals surface area contributed by atoms with Crippen molar-refractivity contribution in [1.82, 2.24) is 9.55 Å². The summed E-state index contributed by atoms with van der Waals surface area (Å²) in [5, 5.41) is 1.59. The molecule has 0 fully saturated rings. The van der Waals surface area contributed by atoms with Crippen LogP contribution in [0.3, 0.4) is 0 Å². The van der Waals surface area contributed by atoms with Crippen molar-refractivity contribution in [2.75, 3.05) is 13.9 Å². The highest BCUT2D eigenvalue weighted by Gasteiger charge is 2.17. The molecule has 3 aromatic carbocycles. The van der Waals surface area contributed by atoms with Crippen molar-refractivity contribution in [3.05, 3.63) is 92.7 Å². The van der Waals surface area contributed by atoms with Crippen LogP contribution in [-0.4, -0.2) is 29.4 Å². The Morgan fingerprint density at radius 1 is 1.09 bits per heavy atom. The number of halogens is 1. The van der Waals surface area contributed by atoms with Gasteiger partial charge in [0.05, 0.1) is 30.1 Å². The predicted molar refractivity (Wildman–Crippen MR) is 130 cm³/mol. The molecule has 7 nitrogen and oxygen atoms in total. The maximum Gasteiger partial charge on any atom is 0.337 e. The number of benzene rings is 3. The van der Waals surface area contributed by atoms with Gasteiger partial charge in [0.15, 0.2) is 16.7 Å². The average molecular weight is 495 g/mol. The van der Waals surface area contributed by atoms with E-state index in [4.69, 9.17) is 30.8 Å². The number of fused-ring (bicyclic) bond motifs is 2. The van der Waals surface area contributed by atoms with Gasteiger partial charge in [-0.2, -0.15) is 0 Å². The number of aromatic nitrogens is 2. The highest BCUT2D eigenvalue weighted by molar-refractivity contribution is 7.98. The SMILES string of the molecule is COC(=O)c1ccc2c(=O)n(Cc3ccc4c(c3)OCO4)c(SCc3cccc(Cl)c3)nc2c1. The quantitative estimate of drug-likeness (QED) is 0.214. The lowest BCUT2D eigenvalue weighted by molar-refractivity contribution is 0.0601. The van der Waals surface area contributed by atoms with E-state index < -0.39 is 5.97 Å². The minimum absolute atomic E-state index is 0.180. The Labute approximate surface area is 204 Å². The van der Waals surface area contributed by atoms with Crippen LogP contribution in [0.2, 0.25) is 5.02 Å². The summed E-state index contributed by atoms with van der Waals surface area (Å²) in [6.07, 6.45) is 0. The molecule has 0 unspecified atom stereocenters. The van der Waals surface area contributed by atoms with Gasteiger partial charge in [-0.25, -0.2) is 9.78 Å². The summed E-state index contributed by atoms with van der Waals surface area (Å²) in [6, 6.07) is 17.9. The van der Waals surface area contributed by atoms with E-state index >= 15 is 0 Å². The van der Waals surface area contributed by atoms with Crippen LogP contribution in [0.25, 0.3) is 10.9 Å². The van der Waals surface area contributed by atoms with Crippen LogP contribution in [0.1, 0.15) is 21.5 Å². The summed E-state index contributed by atoms with van der Waals surface area (Å²) in [4.78, 5) is 30.3. The number of esters is 1. The summed E-state index contributed by atoms with van der Waals surface area (Å²) in [7, 11) is 1.32. The van der Waals surface area contributed by atoms with E-state index in [0.29, 0.717) is 50.4 Å². The Morgan fingerprint density at radius 3 is 2.76 bits per heavy atom. The summed E-state index contributed by atoms with van der Waals surface area (Å²) >= 11 is 7.55. The molecule has 0 N–H and O–H groups in total. The molecule has 0 saturated carbocycles. The topological polar surface area (TPSA) is 79.7 Å². The van der Waals surface area contributed by atoms with Gasteiger partial charge in [0.1, 0.15) is 0 Å². The van der Waals surface area contributed by atoms with Crippen LogP contribution in [0.5, 0.6) is 11.5 Å². The number of carbonyl (C=O) groups is 1. The van der Waals surface area contributed by atoms with Crippen molar-refractivity contribution in [2.45, 2.75) is 17.5 Å². The zero-order valence-electron chi connectivity index (χ0n) is 18.1. The molecule has 0 spiro atoms. The third-order valence-electron chi connectivity index (χ3n) is 5.38. The van der Waals surface area contributed by atoms with Gasteiger partial charge in [0.2, 0.25) is 6.79 Å². The molecule has 0 radical (unpaired) electrons. The normalized spacial score (nSPS) is 12.2. The largest absolute Gasteiger partial charge is 0.465 e. The highest BCUT2D eigenvalue weighted by Crippen LogP contribution is 2.33. The first-order valence-corrected chi connectivity index (χ1v) is 11.8. The van der Waals surface area contributed by atoms with Crippen molar-refractivity contribution < 1.29 is 19.0 Å². The second-order valence-corrected chi connectivity index (χ2v) is 8.99. The lowest BCUT2D eigenvalue weighted by Crippen LogP contribution is -2.24. The fourth-order valence-corrected chi connectivity index (χ4v) is 4.85. The van der Waals surface area contributed by atoms with Gasteiger partial charge in [-0.05, 0) is 53.6 Å². The van der Waals surface area contributed by atoms with Crippen molar-refractivity contribution in [3.63, 3.8) is 0 Å². The van der Waals surface area contributed by atoms with Crippen molar-refractivity contribution >= 4 is 40.2 Å². The zero-order valence-corrected chi connectivity index (χ0v) is 19.7. The molecule has 0 bridgehead atoms. The van der Waals surface area contributed by atoms with Gasteiger partial charge >= 0.3 is 5.97 Å². The monoisotopic (exact) mass is 494 g/mol. The molecule has 5 rings (SSSR count). The van der Waals surface area contributed by atoms with Crippen molar-refractivity contribution in [3.8, 4) is 11.5 Å². The fraction of sp³-hybridized carbons (Fsp3) is 0.160. The molecular formula is C25H19ClN2O5S. The van der Waals surface area contributed by atoms with Crippen LogP contribution in [0.4, 0.5) is 0 Å². The van der Waals surface area contributed by atoms with Crippen LogP contribution >= 0.6 is 23.4 Å². The molecule has 0 aliphatic carbocycles. The first-order valence-electron chi connectivity index (χ1n) is 10.4. The third-order valence-corrected chi connectivity index (χ3v) is 6.66. The van der Waals surface area contributed by atoms with Gasteiger partial charge in [-0.1, -0.05) is 41.6 Å². The maximum absolute atomic E-state index is 13.5. The number of hydrogen-bond acceptors (Lipinski definition) is 7. The first-order chi connectivity index (χ1) is 16.5. The van der Waals surface area contributed by atoms with Gasteiger partial charge < -0.3 is 14.2 Å². The summed E-state index contributed by atoms with van der Waals surface area (Å²) in [6.45, 7) is 0.481. The van der Waals surface area contributed by atoms with Crippen LogP contribution in [0, 0.1) is 0 Å². The Morgan fingerprint density at radius 2 is 1.94 bits per heavy atom. The Balaban J connectivity index is 1.57. The average Bonchev–Trinajstić information content (AvgIpc) is 3.32. The van der Waals surface area contributed by atoms with Crippen LogP contribution in [0.15, 0.2) is 70.6 Å².